The Morgan fingerprint density at radius 2 is 1.69 bits per heavy atom. The van der Waals surface area contributed by atoms with Crippen molar-refractivity contribution in [2.45, 2.75) is 24.1 Å². The first-order valence-electron chi connectivity index (χ1n) is 8.34. The third-order valence-electron chi connectivity index (χ3n) is 4.18. The number of anilines is 2. The standard InChI is InChI=1S/C17H17F3N2O5S2/c1-28(23,24)22-10-2-3-12-4-5-13(11-16(12)22)21-29(25,26)15-8-6-14(7-9-15)27-17(18,19)20/h4-9,11,21H,2-3,10H2,1H3. The molecule has 0 spiro atoms. The van der Waals surface area contributed by atoms with Crippen molar-refractivity contribution in [2.24, 2.45) is 0 Å². The van der Waals surface area contributed by atoms with Crippen molar-refractivity contribution >= 4 is 31.4 Å². The van der Waals surface area contributed by atoms with Crippen molar-refractivity contribution in [1.82, 2.24) is 0 Å². The lowest BCUT2D eigenvalue weighted by molar-refractivity contribution is -0.274. The zero-order valence-electron chi connectivity index (χ0n) is 15.1. The molecule has 2 aromatic carbocycles. The normalized spacial score (nSPS) is 15.0. The number of fused-ring (bicyclic) bond motifs is 1. The number of nitrogens with one attached hydrogen (secondary N) is 1. The summed E-state index contributed by atoms with van der Waals surface area (Å²) in [5.74, 6) is -0.547. The lowest BCUT2D eigenvalue weighted by atomic mass is 10.0. The average Bonchev–Trinajstić information content (AvgIpc) is 2.59. The van der Waals surface area contributed by atoms with Crippen molar-refractivity contribution in [3.8, 4) is 5.75 Å². The van der Waals surface area contributed by atoms with Crippen LogP contribution in [-0.2, 0) is 26.5 Å². The van der Waals surface area contributed by atoms with Gasteiger partial charge < -0.3 is 4.74 Å². The number of rotatable bonds is 5. The predicted octanol–water partition coefficient (Wildman–Crippen LogP) is 3.10. The lowest BCUT2D eigenvalue weighted by Gasteiger charge is -2.29. The number of ether oxygens (including phenoxy) is 1. The molecule has 2 aromatic rings. The number of hydrogen-bond acceptors (Lipinski definition) is 5. The molecule has 0 aliphatic carbocycles. The fourth-order valence-corrected chi connectivity index (χ4v) is 5.02. The molecule has 29 heavy (non-hydrogen) atoms. The van der Waals surface area contributed by atoms with Gasteiger partial charge in [0.15, 0.2) is 0 Å². The van der Waals surface area contributed by atoms with E-state index in [1.165, 1.54) is 16.4 Å². The number of hydrogen-bond donors (Lipinski definition) is 1. The summed E-state index contributed by atoms with van der Waals surface area (Å²) in [7, 11) is -7.63. The van der Waals surface area contributed by atoms with E-state index in [1.54, 1.807) is 6.07 Å². The molecule has 0 atom stereocenters. The van der Waals surface area contributed by atoms with Gasteiger partial charge in [0.25, 0.3) is 10.0 Å². The second kappa shape index (κ2) is 7.41. The Morgan fingerprint density at radius 3 is 2.28 bits per heavy atom. The minimum Gasteiger partial charge on any atom is -0.406 e. The molecule has 1 aliphatic rings. The Hall–Kier alpha value is -2.47. The van der Waals surface area contributed by atoms with Crippen LogP contribution in [0.4, 0.5) is 24.5 Å². The summed E-state index contributed by atoms with van der Waals surface area (Å²) in [6.07, 6.45) is -2.50. The van der Waals surface area contributed by atoms with E-state index in [9.17, 15) is 30.0 Å². The highest BCUT2D eigenvalue weighted by molar-refractivity contribution is 7.92. The predicted molar refractivity (Wildman–Crippen MR) is 101 cm³/mol. The number of sulfonamides is 2. The van der Waals surface area contributed by atoms with E-state index in [2.05, 4.69) is 9.46 Å². The maximum absolute atomic E-state index is 12.5. The first-order valence-corrected chi connectivity index (χ1v) is 11.7. The van der Waals surface area contributed by atoms with Gasteiger partial charge in [-0.05, 0) is 54.8 Å². The van der Waals surface area contributed by atoms with E-state index in [1.807, 2.05) is 0 Å². The summed E-state index contributed by atoms with van der Waals surface area (Å²) in [6.45, 7) is 0.294. The number of halogens is 3. The largest absolute Gasteiger partial charge is 0.573 e. The van der Waals surface area contributed by atoms with Crippen LogP contribution in [0.3, 0.4) is 0 Å². The van der Waals surface area contributed by atoms with Crippen LogP contribution in [0.2, 0.25) is 0 Å². The summed E-state index contributed by atoms with van der Waals surface area (Å²) < 4.78 is 93.0. The molecule has 1 heterocycles. The monoisotopic (exact) mass is 450 g/mol. The average molecular weight is 450 g/mol. The van der Waals surface area contributed by atoms with E-state index in [0.717, 1.165) is 36.1 Å². The van der Waals surface area contributed by atoms with Gasteiger partial charge in [0.05, 0.1) is 22.5 Å². The highest BCUT2D eigenvalue weighted by Gasteiger charge is 2.31. The van der Waals surface area contributed by atoms with Gasteiger partial charge in [-0.15, -0.1) is 13.2 Å². The minimum atomic E-state index is -4.88. The van der Waals surface area contributed by atoms with Crippen molar-refractivity contribution in [3.05, 3.63) is 48.0 Å². The molecule has 0 saturated heterocycles. The van der Waals surface area contributed by atoms with Gasteiger partial charge in [-0.3, -0.25) is 9.03 Å². The highest BCUT2D eigenvalue weighted by atomic mass is 32.2. The van der Waals surface area contributed by atoms with Crippen LogP contribution in [0.1, 0.15) is 12.0 Å². The van der Waals surface area contributed by atoms with Crippen LogP contribution in [0.25, 0.3) is 0 Å². The number of nitrogens with zero attached hydrogens (tertiary/aromatic N) is 1. The van der Waals surface area contributed by atoms with Gasteiger partial charge in [0.1, 0.15) is 5.75 Å². The number of aryl methyl sites for hydroxylation is 1. The third-order valence-corrected chi connectivity index (χ3v) is 6.76. The van der Waals surface area contributed by atoms with E-state index in [-0.39, 0.29) is 10.6 Å². The van der Waals surface area contributed by atoms with Crippen LogP contribution in [-0.4, -0.2) is 36.0 Å². The van der Waals surface area contributed by atoms with Gasteiger partial charge in [0, 0.05) is 6.54 Å². The molecule has 0 radical (unpaired) electrons. The molecule has 0 aromatic heterocycles. The molecule has 158 valence electrons. The van der Waals surface area contributed by atoms with Crippen molar-refractivity contribution in [2.75, 3.05) is 21.8 Å². The summed E-state index contributed by atoms with van der Waals surface area (Å²) in [5.41, 5.74) is 1.31. The molecule has 0 bridgehead atoms. The fraction of sp³-hybridized carbons (Fsp3) is 0.294. The molecule has 0 saturated carbocycles. The molecule has 1 aliphatic heterocycles. The molecular formula is C17H17F3N2O5S2. The van der Waals surface area contributed by atoms with Crippen LogP contribution >= 0.6 is 0 Å². The molecule has 1 N–H and O–H groups in total. The topological polar surface area (TPSA) is 92.8 Å². The Kier molecular flexibility index (Phi) is 5.43. The van der Waals surface area contributed by atoms with Gasteiger partial charge in [-0.25, -0.2) is 16.8 Å². The van der Waals surface area contributed by atoms with E-state index < -0.39 is 32.2 Å². The van der Waals surface area contributed by atoms with E-state index in [4.69, 9.17) is 0 Å². The summed E-state index contributed by atoms with van der Waals surface area (Å²) in [4.78, 5) is -0.273. The SMILES string of the molecule is CS(=O)(=O)N1CCCc2ccc(NS(=O)(=O)c3ccc(OC(F)(F)F)cc3)cc21. The zero-order chi connectivity index (χ0) is 21.4. The Balaban J connectivity index is 1.86. The lowest BCUT2D eigenvalue weighted by Crippen LogP contribution is -2.34. The Labute approximate surface area is 166 Å². The second-order valence-electron chi connectivity index (χ2n) is 6.41. The highest BCUT2D eigenvalue weighted by Crippen LogP contribution is 2.32. The second-order valence-corrected chi connectivity index (χ2v) is 10.00. The molecule has 7 nitrogen and oxygen atoms in total. The zero-order valence-corrected chi connectivity index (χ0v) is 16.7. The minimum absolute atomic E-state index is 0.134. The van der Waals surface area contributed by atoms with Gasteiger partial charge in [0.2, 0.25) is 10.0 Å². The Bertz CT molecular complexity index is 1110. The molecule has 3 rings (SSSR count). The maximum Gasteiger partial charge on any atom is 0.573 e. The van der Waals surface area contributed by atoms with E-state index in [0.29, 0.717) is 25.1 Å². The molecule has 12 heteroatoms. The molecule has 0 unspecified atom stereocenters. The van der Waals surface area contributed by atoms with Crippen molar-refractivity contribution < 1.29 is 34.7 Å². The molecular weight excluding hydrogens is 433 g/mol. The Morgan fingerprint density at radius 1 is 1.03 bits per heavy atom. The van der Waals surface area contributed by atoms with Crippen LogP contribution in [0.15, 0.2) is 47.4 Å². The van der Waals surface area contributed by atoms with E-state index >= 15 is 0 Å². The summed E-state index contributed by atoms with van der Waals surface area (Å²) in [5, 5.41) is 0. The van der Waals surface area contributed by atoms with Crippen molar-refractivity contribution in [1.29, 1.82) is 0 Å². The fourth-order valence-electron chi connectivity index (χ4n) is 2.98. The first kappa shape index (κ1) is 21.2. The van der Waals surface area contributed by atoms with Crippen LogP contribution in [0, 0.1) is 0 Å². The van der Waals surface area contributed by atoms with Gasteiger partial charge >= 0.3 is 6.36 Å². The van der Waals surface area contributed by atoms with Crippen LogP contribution < -0.4 is 13.8 Å². The summed E-state index contributed by atoms with van der Waals surface area (Å²) >= 11 is 0. The smallest absolute Gasteiger partial charge is 0.406 e. The number of benzene rings is 2. The van der Waals surface area contributed by atoms with Crippen molar-refractivity contribution in [3.63, 3.8) is 0 Å². The van der Waals surface area contributed by atoms with Gasteiger partial charge in [-0.2, -0.15) is 0 Å². The summed E-state index contributed by atoms with van der Waals surface area (Å²) in [6, 6.07) is 8.30. The quantitative estimate of drug-likeness (QED) is 0.756. The first-order chi connectivity index (χ1) is 13.4. The maximum atomic E-state index is 12.5. The molecule has 0 amide bonds. The third kappa shape index (κ3) is 5.12. The number of alkyl halides is 3. The van der Waals surface area contributed by atoms with Crippen LogP contribution in [0.5, 0.6) is 5.75 Å². The van der Waals surface area contributed by atoms with Gasteiger partial charge in [-0.1, -0.05) is 6.07 Å². The molecule has 0 fully saturated rings.